The summed E-state index contributed by atoms with van der Waals surface area (Å²) in [6, 6.07) is 0.735. The van der Waals surface area contributed by atoms with Crippen molar-refractivity contribution >= 4 is 0 Å². The molecule has 1 heterocycles. The maximum Gasteiger partial charge on any atom is 0.0824 e. The van der Waals surface area contributed by atoms with Crippen LogP contribution < -0.4 is 0 Å². The van der Waals surface area contributed by atoms with Gasteiger partial charge in [-0.3, -0.25) is 0 Å². The van der Waals surface area contributed by atoms with Crippen LogP contribution in [0, 0.1) is 0 Å². The number of ether oxygens (including phenoxy) is 1. The van der Waals surface area contributed by atoms with Gasteiger partial charge in [0.1, 0.15) is 0 Å². The van der Waals surface area contributed by atoms with Gasteiger partial charge in [-0.1, -0.05) is 26.2 Å². The maximum atomic E-state index is 5.27. The Balaban J connectivity index is 2.12. The lowest BCUT2D eigenvalue weighted by molar-refractivity contribution is 0.235. The minimum absolute atomic E-state index is 0.578. The summed E-state index contributed by atoms with van der Waals surface area (Å²) in [5.74, 6) is 0. The average Bonchev–Trinajstić information content (AvgIpc) is 2.86. The van der Waals surface area contributed by atoms with E-state index in [0.29, 0.717) is 6.10 Å². The van der Waals surface area contributed by atoms with Crippen LogP contribution in [0.3, 0.4) is 0 Å². The van der Waals surface area contributed by atoms with E-state index in [-0.39, 0.29) is 0 Å². The van der Waals surface area contributed by atoms with E-state index in [1.807, 2.05) is 0 Å². The largest absolute Gasteiger partial charge is 0.373 e. The number of epoxide rings is 1. The first-order chi connectivity index (χ1) is 6.24. The van der Waals surface area contributed by atoms with Crippen LogP contribution in [0.25, 0.3) is 0 Å². The molecule has 1 aliphatic heterocycles. The third-order valence-corrected chi connectivity index (χ3v) is 2.81. The van der Waals surface area contributed by atoms with Crippen LogP contribution in [0.5, 0.6) is 0 Å². The summed E-state index contributed by atoms with van der Waals surface area (Å²) in [5.41, 5.74) is 0. The van der Waals surface area contributed by atoms with Gasteiger partial charge in [-0.15, -0.1) is 0 Å². The van der Waals surface area contributed by atoms with E-state index < -0.39 is 0 Å². The molecule has 2 heteroatoms. The van der Waals surface area contributed by atoms with E-state index in [1.165, 1.54) is 32.1 Å². The Morgan fingerprint density at radius 2 is 2.08 bits per heavy atom. The van der Waals surface area contributed by atoms with E-state index in [0.717, 1.165) is 12.6 Å². The zero-order valence-corrected chi connectivity index (χ0v) is 9.25. The van der Waals surface area contributed by atoms with Crippen LogP contribution >= 0.6 is 0 Å². The van der Waals surface area contributed by atoms with Crippen molar-refractivity contribution in [3.63, 3.8) is 0 Å². The fourth-order valence-electron chi connectivity index (χ4n) is 1.72. The molecular weight excluding hydrogens is 162 g/mol. The Labute approximate surface area is 82.3 Å². The van der Waals surface area contributed by atoms with Gasteiger partial charge in [-0.25, -0.2) is 0 Å². The van der Waals surface area contributed by atoms with Crippen LogP contribution in [0.4, 0.5) is 0 Å². The van der Waals surface area contributed by atoms with Gasteiger partial charge in [-0.05, 0) is 26.9 Å². The third kappa shape index (κ3) is 4.63. The number of rotatable bonds is 7. The molecule has 0 spiro atoms. The van der Waals surface area contributed by atoms with Crippen molar-refractivity contribution in [2.24, 2.45) is 0 Å². The Kier molecular flexibility index (Phi) is 4.74. The number of unbranched alkanes of at least 4 members (excludes halogenated alkanes) is 2. The molecule has 0 saturated carbocycles. The first kappa shape index (κ1) is 11.0. The molecule has 2 unspecified atom stereocenters. The zero-order chi connectivity index (χ0) is 9.68. The predicted octanol–water partition coefficient (Wildman–Crippen LogP) is 2.29. The Morgan fingerprint density at radius 1 is 1.38 bits per heavy atom. The molecule has 1 saturated heterocycles. The summed E-state index contributed by atoms with van der Waals surface area (Å²) < 4.78 is 5.27. The summed E-state index contributed by atoms with van der Waals surface area (Å²) in [4.78, 5) is 2.34. The quantitative estimate of drug-likeness (QED) is 0.447. The van der Waals surface area contributed by atoms with Crippen molar-refractivity contribution < 1.29 is 4.74 Å². The third-order valence-electron chi connectivity index (χ3n) is 2.81. The molecule has 0 aromatic carbocycles. The van der Waals surface area contributed by atoms with Crippen LogP contribution in [0.1, 0.15) is 39.0 Å². The van der Waals surface area contributed by atoms with Crippen molar-refractivity contribution in [2.75, 3.05) is 20.7 Å². The maximum absolute atomic E-state index is 5.27. The Morgan fingerprint density at radius 3 is 2.54 bits per heavy atom. The van der Waals surface area contributed by atoms with E-state index in [2.05, 4.69) is 25.9 Å². The van der Waals surface area contributed by atoms with Crippen molar-refractivity contribution in [2.45, 2.75) is 51.2 Å². The molecule has 0 aromatic heterocycles. The number of hydrogen-bond donors (Lipinski definition) is 0. The zero-order valence-electron chi connectivity index (χ0n) is 9.25. The van der Waals surface area contributed by atoms with Gasteiger partial charge in [0.2, 0.25) is 0 Å². The lowest BCUT2D eigenvalue weighted by atomic mass is 10.0. The summed E-state index contributed by atoms with van der Waals surface area (Å²) >= 11 is 0. The highest BCUT2D eigenvalue weighted by molar-refractivity contribution is 4.78. The van der Waals surface area contributed by atoms with Gasteiger partial charge in [0.25, 0.3) is 0 Å². The predicted molar refractivity (Wildman–Crippen MR) is 56.0 cm³/mol. The monoisotopic (exact) mass is 185 g/mol. The second-order valence-electron chi connectivity index (χ2n) is 4.30. The van der Waals surface area contributed by atoms with Gasteiger partial charge in [0.05, 0.1) is 12.7 Å². The lowest BCUT2D eigenvalue weighted by Crippen LogP contribution is -2.29. The molecule has 0 aliphatic carbocycles. The van der Waals surface area contributed by atoms with Gasteiger partial charge in [-0.2, -0.15) is 0 Å². The van der Waals surface area contributed by atoms with Crippen LogP contribution in [0.15, 0.2) is 0 Å². The standard InChI is InChI=1S/C11H23NO/c1-4-5-6-7-10(12(2)3)8-11-9-13-11/h10-11H,4-9H2,1-3H3. The van der Waals surface area contributed by atoms with Crippen LogP contribution in [-0.2, 0) is 4.74 Å². The van der Waals surface area contributed by atoms with E-state index in [9.17, 15) is 0 Å². The van der Waals surface area contributed by atoms with Gasteiger partial charge in [0, 0.05) is 6.04 Å². The minimum atomic E-state index is 0.578. The van der Waals surface area contributed by atoms with Crippen molar-refractivity contribution in [1.29, 1.82) is 0 Å². The average molecular weight is 185 g/mol. The first-order valence-corrected chi connectivity index (χ1v) is 5.52. The summed E-state index contributed by atoms with van der Waals surface area (Å²) in [5, 5.41) is 0. The SMILES string of the molecule is CCCCCC(CC1CO1)N(C)C. The fraction of sp³-hybridized carbons (Fsp3) is 1.00. The smallest absolute Gasteiger partial charge is 0.0824 e. The van der Waals surface area contributed by atoms with Gasteiger partial charge >= 0.3 is 0 Å². The molecule has 1 fully saturated rings. The summed E-state index contributed by atoms with van der Waals surface area (Å²) in [6.45, 7) is 3.26. The summed E-state index contributed by atoms with van der Waals surface area (Å²) in [7, 11) is 4.36. The topological polar surface area (TPSA) is 15.8 Å². The normalized spacial score (nSPS) is 23.5. The molecule has 78 valence electrons. The van der Waals surface area contributed by atoms with E-state index in [4.69, 9.17) is 4.74 Å². The van der Waals surface area contributed by atoms with Gasteiger partial charge in [0.15, 0.2) is 0 Å². The van der Waals surface area contributed by atoms with Gasteiger partial charge < -0.3 is 9.64 Å². The van der Waals surface area contributed by atoms with Crippen LogP contribution in [0.2, 0.25) is 0 Å². The second kappa shape index (κ2) is 5.61. The molecule has 0 bridgehead atoms. The van der Waals surface area contributed by atoms with Crippen molar-refractivity contribution in [3.05, 3.63) is 0 Å². The molecule has 1 aliphatic rings. The highest BCUT2D eigenvalue weighted by atomic mass is 16.6. The molecule has 0 aromatic rings. The van der Waals surface area contributed by atoms with Crippen LogP contribution in [-0.4, -0.2) is 37.7 Å². The molecule has 2 atom stereocenters. The highest BCUT2D eigenvalue weighted by Gasteiger charge is 2.27. The minimum Gasteiger partial charge on any atom is -0.373 e. The first-order valence-electron chi connectivity index (χ1n) is 5.52. The Bertz CT molecular complexity index is 132. The van der Waals surface area contributed by atoms with Crippen molar-refractivity contribution in [3.8, 4) is 0 Å². The van der Waals surface area contributed by atoms with E-state index >= 15 is 0 Å². The lowest BCUT2D eigenvalue weighted by Gasteiger charge is -2.23. The highest BCUT2D eigenvalue weighted by Crippen LogP contribution is 2.21. The molecule has 0 N–H and O–H groups in total. The number of hydrogen-bond acceptors (Lipinski definition) is 2. The van der Waals surface area contributed by atoms with E-state index in [1.54, 1.807) is 0 Å². The number of nitrogens with zero attached hydrogens (tertiary/aromatic N) is 1. The Hall–Kier alpha value is -0.0800. The summed E-state index contributed by atoms with van der Waals surface area (Å²) in [6.07, 6.45) is 7.20. The molecule has 2 nitrogen and oxygen atoms in total. The fourth-order valence-corrected chi connectivity index (χ4v) is 1.72. The molecule has 1 rings (SSSR count). The second-order valence-corrected chi connectivity index (χ2v) is 4.30. The molecule has 13 heavy (non-hydrogen) atoms. The molecule has 0 amide bonds. The molecule has 0 radical (unpaired) electrons. The molecular formula is C11H23NO. The van der Waals surface area contributed by atoms with Crippen molar-refractivity contribution in [1.82, 2.24) is 4.90 Å².